The molecular weight excluding hydrogens is 176 g/mol. The second kappa shape index (κ2) is 3.85. The summed E-state index contributed by atoms with van der Waals surface area (Å²) < 4.78 is 0. The Morgan fingerprint density at radius 2 is 2.29 bits per heavy atom. The van der Waals surface area contributed by atoms with Crippen LogP contribution in [0.25, 0.3) is 0 Å². The summed E-state index contributed by atoms with van der Waals surface area (Å²) in [5, 5.41) is 9.87. The second-order valence-corrected chi connectivity index (χ2v) is 4.76. The van der Waals surface area contributed by atoms with E-state index in [9.17, 15) is 9.90 Å². The zero-order chi connectivity index (χ0) is 10.1. The first kappa shape index (κ1) is 9.91. The molecule has 2 aliphatic rings. The number of hydrogen-bond acceptors (Lipinski definition) is 2. The van der Waals surface area contributed by atoms with Gasteiger partial charge in [0.2, 0.25) is 0 Å². The monoisotopic (exact) mass is 194 g/mol. The highest BCUT2D eigenvalue weighted by Crippen LogP contribution is 2.41. The molecule has 0 amide bonds. The third kappa shape index (κ3) is 1.63. The molecule has 0 unspecified atom stereocenters. The minimum atomic E-state index is -0.216. The highest BCUT2D eigenvalue weighted by atomic mass is 16.3. The molecule has 2 aliphatic carbocycles. The molecule has 2 nitrogen and oxygen atoms in total. The highest BCUT2D eigenvalue weighted by Gasteiger charge is 2.38. The number of carbonyl (C=O) groups is 1. The first-order chi connectivity index (χ1) is 6.72. The summed E-state index contributed by atoms with van der Waals surface area (Å²) in [6, 6.07) is 0. The Morgan fingerprint density at radius 3 is 3.00 bits per heavy atom. The van der Waals surface area contributed by atoms with E-state index in [0.717, 1.165) is 32.0 Å². The third-order valence-electron chi connectivity index (χ3n) is 3.74. The number of fused-ring (bicyclic) bond motifs is 1. The van der Waals surface area contributed by atoms with Crippen molar-refractivity contribution in [3.05, 3.63) is 11.6 Å². The molecule has 1 fully saturated rings. The van der Waals surface area contributed by atoms with Crippen LogP contribution in [-0.2, 0) is 4.79 Å². The van der Waals surface area contributed by atoms with Crippen molar-refractivity contribution in [3.8, 4) is 0 Å². The Bertz CT molecular complexity index is 257. The van der Waals surface area contributed by atoms with Crippen LogP contribution in [0.3, 0.4) is 0 Å². The molecule has 0 heterocycles. The van der Waals surface area contributed by atoms with Gasteiger partial charge in [0.25, 0.3) is 0 Å². The average molecular weight is 194 g/mol. The van der Waals surface area contributed by atoms with E-state index in [1.165, 1.54) is 5.57 Å². The molecule has 2 heteroatoms. The first-order valence-electron chi connectivity index (χ1n) is 5.53. The van der Waals surface area contributed by atoms with Gasteiger partial charge < -0.3 is 9.90 Å². The van der Waals surface area contributed by atoms with Gasteiger partial charge in [-0.1, -0.05) is 18.1 Å². The van der Waals surface area contributed by atoms with E-state index in [0.29, 0.717) is 5.92 Å². The van der Waals surface area contributed by atoms with Gasteiger partial charge in [0.05, 0.1) is 6.10 Å². The maximum absolute atomic E-state index is 11.0. The van der Waals surface area contributed by atoms with Crippen LogP contribution >= 0.6 is 0 Å². The van der Waals surface area contributed by atoms with Gasteiger partial charge in [-0.3, -0.25) is 0 Å². The molecule has 78 valence electrons. The zero-order valence-corrected chi connectivity index (χ0v) is 8.65. The lowest BCUT2D eigenvalue weighted by molar-refractivity contribution is -0.114. The lowest BCUT2D eigenvalue weighted by Gasteiger charge is -2.40. The maximum Gasteiger partial charge on any atom is 0.123 e. The molecule has 2 rings (SSSR count). The van der Waals surface area contributed by atoms with Gasteiger partial charge in [-0.15, -0.1) is 0 Å². The van der Waals surface area contributed by atoms with Crippen LogP contribution < -0.4 is 0 Å². The van der Waals surface area contributed by atoms with Crippen molar-refractivity contribution in [2.75, 3.05) is 0 Å². The number of aldehydes is 1. The van der Waals surface area contributed by atoms with Crippen molar-refractivity contribution in [2.45, 2.75) is 38.7 Å². The molecule has 0 saturated heterocycles. The highest BCUT2D eigenvalue weighted by molar-refractivity contribution is 5.55. The second-order valence-electron chi connectivity index (χ2n) is 4.76. The van der Waals surface area contributed by atoms with Gasteiger partial charge in [-0.2, -0.15) is 0 Å². The van der Waals surface area contributed by atoms with Crippen LogP contribution in [0.5, 0.6) is 0 Å². The van der Waals surface area contributed by atoms with E-state index in [4.69, 9.17) is 0 Å². The predicted octanol–water partition coefficient (Wildman–Crippen LogP) is 1.93. The van der Waals surface area contributed by atoms with Crippen LogP contribution in [0.4, 0.5) is 0 Å². The molecule has 1 N–H and O–H groups in total. The van der Waals surface area contributed by atoms with Crippen LogP contribution in [0.2, 0.25) is 0 Å². The molecule has 0 aromatic carbocycles. The summed E-state index contributed by atoms with van der Waals surface area (Å²) in [5.41, 5.74) is 1.27. The van der Waals surface area contributed by atoms with E-state index in [1.54, 1.807) is 0 Å². The fraction of sp³-hybridized carbons (Fsp3) is 0.750. The number of allylic oxidation sites excluding steroid dienone is 1. The summed E-state index contributed by atoms with van der Waals surface area (Å²) >= 11 is 0. The van der Waals surface area contributed by atoms with Gasteiger partial charge in [0.15, 0.2) is 0 Å². The van der Waals surface area contributed by atoms with Crippen molar-refractivity contribution >= 4 is 6.29 Å². The number of rotatable bonds is 1. The van der Waals surface area contributed by atoms with E-state index in [1.807, 2.05) is 0 Å². The molecule has 0 radical (unpaired) electrons. The molecule has 0 aromatic heterocycles. The van der Waals surface area contributed by atoms with Crippen molar-refractivity contribution in [1.29, 1.82) is 0 Å². The number of carbonyl (C=O) groups excluding carboxylic acids is 1. The van der Waals surface area contributed by atoms with Crippen LogP contribution in [-0.4, -0.2) is 17.5 Å². The Kier molecular flexibility index (Phi) is 2.73. The van der Waals surface area contributed by atoms with E-state index < -0.39 is 0 Å². The Labute approximate surface area is 85.0 Å². The largest absolute Gasteiger partial charge is 0.393 e. The van der Waals surface area contributed by atoms with Gasteiger partial charge in [0.1, 0.15) is 6.29 Å². The van der Waals surface area contributed by atoms with Crippen molar-refractivity contribution in [2.24, 2.45) is 17.8 Å². The zero-order valence-electron chi connectivity index (χ0n) is 8.65. The van der Waals surface area contributed by atoms with Gasteiger partial charge in [-0.05, 0) is 32.1 Å². The molecule has 14 heavy (non-hydrogen) atoms. The summed E-state index contributed by atoms with van der Waals surface area (Å²) in [6.07, 6.45) is 7.04. The fourth-order valence-corrected chi connectivity index (χ4v) is 3.04. The Balaban J connectivity index is 2.23. The normalized spacial score (nSPS) is 42.6. The van der Waals surface area contributed by atoms with Crippen molar-refractivity contribution < 1.29 is 9.90 Å². The summed E-state index contributed by atoms with van der Waals surface area (Å²) in [4.78, 5) is 11.0. The molecular formula is C12H18O2. The lowest BCUT2D eigenvalue weighted by Crippen LogP contribution is -2.38. The van der Waals surface area contributed by atoms with Crippen molar-refractivity contribution in [3.63, 3.8) is 0 Å². The van der Waals surface area contributed by atoms with Gasteiger partial charge in [-0.25, -0.2) is 0 Å². The van der Waals surface area contributed by atoms with Crippen LogP contribution in [0.1, 0.15) is 32.6 Å². The molecule has 0 aliphatic heterocycles. The number of aliphatic hydroxyl groups excluding tert-OH is 1. The van der Waals surface area contributed by atoms with Gasteiger partial charge >= 0.3 is 0 Å². The Hall–Kier alpha value is -0.630. The molecule has 0 aromatic rings. The standard InChI is InChI=1S/C12H18O2/c1-8-5-9(7-13)10-3-2-4-12(14)11(10)6-8/h6-7,9-12,14H,2-5H2,1H3/t9-,10-,11-,12+/m0/s1. The smallest absolute Gasteiger partial charge is 0.123 e. The fourth-order valence-electron chi connectivity index (χ4n) is 3.04. The molecule has 4 atom stereocenters. The maximum atomic E-state index is 11.0. The van der Waals surface area contributed by atoms with Crippen LogP contribution in [0.15, 0.2) is 11.6 Å². The summed E-state index contributed by atoms with van der Waals surface area (Å²) in [6.45, 7) is 2.06. The topological polar surface area (TPSA) is 37.3 Å². The lowest BCUT2D eigenvalue weighted by atomic mass is 9.66. The number of aliphatic hydroxyl groups is 1. The van der Waals surface area contributed by atoms with Gasteiger partial charge in [0, 0.05) is 11.8 Å². The quantitative estimate of drug-likeness (QED) is 0.511. The summed E-state index contributed by atoms with van der Waals surface area (Å²) in [5.74, 6) is 0.799. The summed E-state index contributed by atoms with van der Waals surface area (Å²) in [7, 11) is 0. The third-order valence-corrected chi connectivity index (χ3v) is 3.74. The predicted molar refractivity (Wildman–Crippen MR) is 54.8 cm³/mol. The van der Waals surface area contributed by atoms with Crippen molar-refractivity contribution in [1.82, 2.24) is 0 Å². The minimum Gasteiger partial charge on any atom is -0.393 e. The molecule has 0 bridgehead atoms. The molecule has 1 saturated carbocycles. The molecule has 0 spiro atoms. The SMILES string of the molecule is CC1=C[C@H]2[C@@H](CCC[C@H]2O)[C@H](C=O)C1. The average Bonchev–Trinajstić information content (AvgIpc) is 2.18. The van der Waals surface area contributed by atoms with E-state index >= 15 is 0 Å². The Morgan fingerprint density at radius 1 is 1.50 bits per heavy atom. The van der Waals surface area contributed by atoms with E-state index in [-0.39, 0.29) is 17.9 Å². The van der Waals surface area contributed by atoms with E-state index in [2.05, 4.69) is 13.0 Å². The first-order valence-corrected chi connectivity index (χ1v) is 5.53. The number of hydrogen-bond donors (Lipinski definition) is 1. The van der Waals surface area contributed by atoms with Crippen LogP contribution in [0, 0.1) is 17.8 Å². The minimum absolute atomic E-state index is 0.153.